The average Bonchev–Trinajstić information content (AvgIpc) is 3.09. The van der Waals surface area contributed by atoms with Crippen LogP contribution in [0.15, 0.2) is 18.2 Å². The first-order valence-electron chi connectivity index (χ1n) is 5.18. The smallest absolute Gasteiger partial charge is 0.161 e. The van der Waals surface area contributed by atoms with Crippen LogP contribution in [0.3, 0.4) is 0 Å². The van der Waals surface area contributed by atoms with E-state index in [1.165, 1.54) is 18.4 Å². The molecule has 0 heterocycles. The molecule has 0 saturated heterocycles. The van der Waals surface area contributed by atoms with Gasteiger partial charge in [-0.3, -0.25) is 0 Å². The van der Waals surface area contributed by atoms with Crippen molar-refractivity contribution < 1.29 is 9.47 Å². The minimum Gasteiger partial charge on any atom is -0.493 e. The molecule has 0 aliphatic heterocycles. The van der Waals surface area contributed by atoms with E-state index in [0.717, 1.165) is 11.5 Å². The maximum absolute atomic E-state index is 5.79. The van der Waals surface area contributed by atoms with Crippen LogP contribution in [0.4, 0.5) is 0 Å². The zero-order chi connectivity index (χ0) is 10.9. The summed E-state index contributed by atoms with van der Waals surface area (Å²) in [6.45, 7) is 0.711. The molecule has 0 aromatic heterocycles. The van der Waals surface area contributed by atoms with Gasteiger partial charge in [0.1, 0.15) is 0 Å². The predicted octanol–water partition coefficient (Wildman–Crippen LogP) is 2.12. The number of ether oxygens (including phenoxy) is 2. The number of halogens is 1. The molecule has 90 valence electrons. The fourth-order valence-electron chi connectivity index (χ4n) is 1.93. The molecule has 0 bridgehead atoms. The number of rotatable bonds is 4. The second kappa shape index (κ2) is 4.93. The van der Waals surface area contributed by atoms with Crippen molar-refractivity contribution in [2.24, 2.45) is 5.73 Å². The maximum Gasteiger partial charge on any atom is 0.161 e. The molecule has 1 aromatic carbocycles. The van der Waals surface area contributed by atoms with E-state index in [0.29, 0.717) is 6.54 Å². The molecular weight excluding hydrogens is 226 g/mol. The molecule has 2 rings (SSSR count). The molecule has 2 N–H and O–H groups in total. The van der Waals surface area contributed by atoms with Crippen molar-refractivity contribution in [1.29, 1.82) is 0 Å². The third kappa shape index (κ3) is 2.11. The van der Waals surface area contributed by atoms with E-state index in [1.54, 1.807) is 14.2 Å². The summed E-state index contributed by atoms with van der Waals surface area (Å²) in [4.78, 5) is 0. The minimum atomic E-state index is 0. The van der Waals surface area contributed by atoms with Crippen LogP contribution >= 0.6 is 12.4 Å². The highest BCUT2D eigenvalue weighted by Crippen LogP contribution is 2.48. The first kappa shape index (κ1) is 13.1. The van der Waals surface area contributed by atoms with Gasteiger partial charge in [0.2, 0.25) is 0 Å². The summed E-state index contributed by atoms with van der Waals surface area (Å²) in [5.41, 5.74) is 7.27. The third-order valence-corrected chi connectivity index (χ3v) is 3.24. The van der Waals surface area contributed by atoms with Crippen molar-refractivity contribution in [2.75, 3.05) is 20.8 Å². The molecule has 4 heteroatoms. The van der Waals surface area contributed by atoms with E-state index < -0.39 is 0 Å². The quantitative estimate of drug-likeness (QED) is 0.881. The van der Waals surface area contributed by atoms with Gasteiger partial charge >= 0.3 is 0 Å². The lowest BCUT2D eigenvalue weighted by Gasteiger charge is -2.15. The summed E-state index contributed by atoms with van der Waals surface area (Å²) in [7, 11) is 3.30. The standard InChI is InChI=1S/C12H17NO2.ClH/c1-14-10-4-3-9(7-11(10)15-2)12(8-13)5-6-12;/h3-4,7H,5-6,8,13H2,1-2H3;1H. The second-order valence-electron chi connectivity index (χ2n) is 4.05. The molecule has 16 heavy (non-hydrogen) atoms. The number of benzene rings is 1. The van der Waals surface area contributed by atoms with Crippen LogP contribution in [0.2, 0.25) is 0 Å². The Labute approximate surface area is 102 Å². The highest BCUT2D eigenvalue weighted by Gasteiger charge is 2.43. The summed E-state index contributed by atoms with van der Waals surface area (Å²) < 4.78 is 10.5. The Morgan fingerprint density at radius 2 is 1.81 bits per heavy atom. The lowest BCUT2D eigenvalue weighted by Crippen LogP contribution is -2.19. The summed E-state index contributed by atoms with van der Waals surface area (Å²) in [5.74, 6) is 1.56. The average molecular weight is 244 g/mol. The Morgan fingerprint density at radius 1 is 1.19 bits per heavy atom. The molecule has 0 unspecified atom stereocenters. The number of methoxy groups -OCH3 is 2. The van der Waals surface area contributed by atoms with Crippen LogP contribution in [0.5, 0.6) is 11.5 Å². The van der Waals surface area contributed by atoms with Crippen LogP contribution in [0.1, 0.15) is 18.4 Å². The van der Waals surface area contributed by atoms with Gasteiger partial charge in [-0.25, -0.2) is 0 Å². The van der Waals surface area contributed by atoms with Gasteiger partial charge in [0.25, 0.3) is 0 Å². The van der Waals surface area contributed by atoms with Crippen LogP contribution in [0.25, 0.3) is 0 Å². The van der Waals surface area contributed by atoms with Crippen LogP contribution < -0.4 is 15.2 Å². The van der Waals surface area contributed by atoms with Gasteiger partial charge in [-0.15, -0.1) is 12.4 Å². The first-order chi connectivity index (χ1) is 7.25. The SMILES string of the molecule is COc1ccc(C2(CN)CC2)cc1OC.Cl. The number of nitrogens with two attached hydrogens (primary N) is 1. The highest BCUT2D eigenvalue weighted by atomic mass is 35.5. The summed E-state index contributed by atoms with van der Waals surface area (Å²) in [6, 6.07) is 6.07. The summed E-state index contributed by atoms with van der Waals surface area (Å²) in [6.07, 6.45) is 2.36. The van der Waals surface area contributed by atoms with Crippen molar-refractivity contribution in [3.63, 3.8) is 0 Å². The van der Waals surface area contributed by atoms with Crippen molar-refractivity contribution in [3.05, 3.63) is 23.8 Å². The first-order valence-corrected chi connectivity index (χ1v) is 5.18. The van der Waals surface area contributed by atoms with Gasteiger partial charge in [0.15, 0.2) is 11.5 Å². The van der Waals surface area contributed by atoms with E-state index >= 15 is 0 Å². The largest absolute Gasteiger partial charge is 0.493 e. The molecule has 0 spiro atoms. The number of hydrogen-bond acceptors (Lipinski definition) is 3. The van der Waals surface area contributed by atoms with Crippen molar-refractivity contribution in [3.8, 4) is 11.5 Å². The zero-order valence-electron chi connectivity index (χ0n) is 9.66. The lowest BCUT2D eigenvalue weighted by atomic mass is 9.96. The van der Waals surface area contributed by atoms with Crippen molar-refractivity contribution in [1.82, 2.24) is 0 Å². The Morgan fingerprint density at radius 3 is 2.25 bits per heavy atom. The molecule has 1 aliphatic carbocycles. The Balaban J connectivity index is 0.00000128. The lowest BCUT2D eigenvalue weighted by molar-refractivity contribution is 0.354. The topological polar surface area (TPSA) is 44.5 Å². The van der Waals surface area contributed by atoms with E-state index in [9.17, 15) is 0 Å². The van der Waals surface area contributed by atoms with Crippen molar-refractivity contribution in [2.45, 2.75) is 18.3 Å². The molecule has 1 fully saturated rings. The van der Waals surface area contributed by atoms with Gasteiger partial charge in [0, 0.05) is 12.0 Å². The monoisotopic (exact) mass is 243 g/mol. The molecular formula is C12H18ClNO2. The third-order valence-electron chi connectivity index (χ3n) is 3.24. The minimum absolute atomic E-state index is 0. The van der Waals surface area contributed by atoms with Gasteiger partial charge in [-0.05, 0) is 30.5 Å². The normalized spacial score (nSPS) is 16.2. The van der Waals surface area contributed by atoms with E-state index in [1.807, 2.05) is 12.1 Å². The molecule has 0 atom stereocenters. The fourth-order valence-corrected chi connectivity index (χ4v) is 1.93. The molecule has 1 aromatic rings. The molecule has 3 nitrogen and oxygen atoms in total. The second-order valence-corrected chi connectivity index (χ2v) is 4.05. The predicted molar refractivity (Wildman–Crippen MR) is 66.8 cm³/mol. The van der Waals surface area contributed by atoms with Gasteiger partial charge in [-0.1, -0.05) is 6.07 Å². The Bertz CT molecular complexity index is 364. The van der Waals surface area contributed by atoms with E-state index in [-0.39, 0.29) is 17.8 Å². The Hall–Kier alpha value is -0.930. The fraction of sp³-hybridized carbons (Fsp3) is 0.500. The molecule has 0 amide bonds. The van der Waals surface area contributed by atoms with Crippen LogP contribution in [-0.2, 0) is 5.41 Å². The highest BCUT2D eigenvalue weighted by molar-refractivity contribution is 5.85. The Kier molecular flexibility index (Phi) is 4.05. The van der Waals surface area contributed by atoms with Gasteiger partial charge < -0.3 is 15.2 Å². The van der Waals surface area contributed by atoms with Crippen molar-refractivity contribution >= 4 is 12.4 Å². The summed E-state index contributed by atoms with van der Waals surface area (Å²) >= 11 is 0. The van der Waals surface area contributed by atoms with E-state index in [4.69, 9.17) is 15.2 Å². The summed E-state index contributed by atoms with van der Waals surface area (Å²) in [5, 5.41) is 0. The maximum atomic E-state index is 5.79. The zero-order valence-corrected chi connectivity index (χ0v) is 10.5. The molecule has 1 aliphatic rings. The van der Waals surface area contributed by atoms with E-state index in [2.05, 4.69) is 6.07 Å². The molecule has 0 radical (unpaired) electrons. The van der Waals surface area contributed by atoms with Crippen LogP contribution in [-0.4, -0.2) is 20.8 Å². The van der Waals surface area contributed by atoms with Crippen LogP contribution in [0, 0.1) is 0 Å². The van der Waals surface area contributed by atoms with Gasteiger partial charge in [0.05, 0.1) is 14.2 Å². The number of hydrogen-bond donors (Lipinski definition) is 1. The van der Waals surface area contributed by atoms with Gasteiger partial charge in [-0.2, -0.15) is 0 Å². The molecule has 1 saturated carbocycles.